The number of hydrogen-bond acceptors (Lipinski definition) is 3. The number of alkyl halides is 3. The summed E-state index contributed by atoms with van der Waals surface area (Å²) >= 11 is 0. The Morgan fingerprint density at radius 1 is 1.14 bits per heavy atom. The summed E-state index contributed by atoms with van der Waals surface area (Å²) in [5, 5.41) is 2.83. The molecule has 148 valence electrons. The van der Waals surface area contributed by atoms with Gasteiger partial charge in [0.05, 0.1) is 11.3 Å². The fraction of sp³-hybridized carbons (Fsp3) is 0.286. The topological polar surface area (TPSA) is 70.7 Å². The van der Waals surface area contributed by atoms with Crippen molar-refractivity contribution < 1.29 is 18.0 Å². The summed E-state index contributed by atoms with van der Waals surface area (Å²) in [7, 11) is 0. The smallest absolute Gasteiger partial charge is 0.356 e. The van der Waals surface area contributed by atoms with Crippen LogP contribution in [-0.4, -0.2) is 27.4 Å². The van der Waals surface area contributed by atoms with Crippen LogP contribution in [0, 0.1) is 6.92 Å². The first kappa shape index (κ1) is 17.9. The van der Waals surface area contributed by atoms with Gasteiger partial charge in [0, 0.05) is 29.4 Å². The third-order valence-electron chi connectivity index (χ3n) is 5.69. The van der Waals surface area contributed by atoms with Crippen molar-refractivity contribution in [1.82, 2.24) is 20.3 Å². The van der Waals surface area contributed by atoms with E-state index in [9.17, 15) is 18.0 Å². The van der Waals surface area contributed by atoms with Crippen LogP contribution in [0.25, 0.3) is 22.8 Å². The van der Waals surface area contributed by atoms with Gasteiger partial charge in [-0.2, -0.15) is 13.2 Å². The van der Waals surface area contributed by atoms with Gasteiger partial charge in [-0.25, -0.2) is 9.97 Å². The average molecular weight is 398 g/mol. The number of carbonyl (C=O) groups excluding carboxylic acids is 1. The molecular weight excluding hydrogens is 381 g/mol. The number of nitrogens with one attached hydrogen (secondary N) is 2. The Hall–Kier alpha value is -3.16. The lowest BCUT2D eigenvalue weighted by molar-refractivity contribution is -0.137. The molecule has 1 saturated carbocycles. The second-order valence-corrected chi connectivity index (χ2v) is 7.75. The maximum atomic E-state index is 13.7. The van der Waals surface area contributed by atoms with Crippen LogP contribution in [0.4, 0.5) is 13.2 Å². The first-order valence-corrected chi connectivity index (χ1v) is 9.30. The molecule has 2 aromatic heterocycles. The van der Waals surface area contributed by atoms with Crippen LogP contribution >= 0.6 is 0 Å². The van der Waals surface area contributed by atoms with Gasteiger partial charge in [0.25, 0.3) is 5.91 Å². The number of benzene rings is 1. The predicted molar refractivity (Wildman–Crippen MR) is 100 cm³/mol. The number of carbonyl (C=O) groups is 1. The molecule has 3 heterocycles. The van der Waals surface area contributed by atoms with E-state index in [0.717, 1.165) is 24.6 Å². The monoisotopic (exact) mass is 398 g/mol. The van der Waals surface area contributed by atoms with Gasteiger partial charge in [-0.1, -0.05) is 29.8 Å². The normalized spacial score (nSPS) is 17.2. The zero-order chi connectivity index (χ0) is 20.4. The first-order chi connectivity index (χ1) is 13.8. The molecule has 1 amide bonds. The molecule has 0 bridgehead atoms. The summed E-state index contributed by atoms with van der Waals surface area (Å²) < 4.78 is 41.0. The number of aromatic nitrogens is 3. The van der Waals surface area contributed by atoms with Crippen molar-refractivity contribution in [3.05, 3.63) is 58.9 Å². The minimum atomic E-state index is -4.62. The summed E-state index contributed by atoms with van der Waals surface area (Å²) in [6, 6.07) is 8.72. The minimum absolute atomic E-state index is 0.182. The van der Waals surface area contributed by atoms with Crippen molar-refractivity contribution in [3.63, 3.8) is 0 Å². The molecule has 5 nitrogen and oxygen atoms in total. The van der Waals surface area contributed by atoms with E-state index in [-0.39, 0.29) is 28.5 Å². The molecule has 0 atom stereocenters. The average Bonchev–Trinajstić information content (AvgIpc) is 3.31. The first-order valence-electron chi connectivity index (χ1n) is 9.30. The largest absolute Gasteiger partial charge is 0.420 e. The van der Waals surface area contributed by atoms with E-state index in [0.29, 0.717) is 23.4 Å². The molecule has 8 heteroatoms. The van der Waals surface area contributed by atoms with Crippen LogP contribution in [0.1, 0.15) is 40.0 Å². The van der Waals surface area contributed by atoms with Crippen molar-refractivity contribution in [1.29, 1.82) is 0 Å². The molecule has 0 saturated heterocycles. The Morgan fingerprint density at radius 2 is 1.86 bits per heavy atom. The Balaban J connectivity index is 1.68. The third kappa shape index (κ3) is 2.90. The van der Waals surface area contributed by atoms with Crippen LogP contribution in [0.3, 0.4) is 0 Å². The van der Waals surface area contributed by atoms with Gasteiger partial charge in [-0.15, -0.1) is 0 Å². The molecule has 2 aliphatic rings. The van der Waals surface area contributed by atoms with Crippen LogP contribution < -0.4 is 5.32 Å². The highest BCUT2D eigenvalue weighted by atomic mass is 19.4. The number of fused-ring (bicyclic) bond motifs is 2. The third-order valence-corrected chi connectivity index (χ3v) is 5.69. The summed E-state index contributed by atoms with van der Waals surface area (Å²) in [5.41, 5.74) is 1.57. The highest BCUT2D eigenvalue weighted by molar-refractivity contribution is 5.98. The van der Waals surface area contributed by atoms with E-state index >= 15 is 0 Å². The van der Waals surface area contributed by atoms with Crippen molar-refractivity contribution >= 4 is 5.91 Å². The van der Waals surface area contributed by atoms with E-state index in [1.807, 2.05) is 19.1 Å². The van der Waals surface area contributed by atoms with Gasteiger partial charge in [0.1, 0.15) is 11.3 Å². The van der Waals surface area contributed by atoms with Gasteiger partial charge in [-0.05, 0) is 25.8 Å². The second kappa shape index (κ2) is 5.92. The van der Waals surface area contributed by atoms with Gasteiger partial charge in [-0.3, -0.25) is 4.79 Å². The minimum Gasteiger partial charge on any atom is -0.356 e. The van der Waals surface area contributed by atoms with E-state index in [2.05, 4.69) is 20.3 Å². The van der Waals surface area contributed by atoms with Crippen LogP contribution in [0.2, 0.25) is 0 Å². The molecule has 1 fully saturated rings. The van der Waals surface area contributed by atoms with E-state index in [1.165, 1.54) is 6.07 Å². The molecule has 3 aromatic rings. The quantitative estimate of drug-likeness (QED) is 0.678. The summed E-state index contributed by atoms with van der Waals surface area (Å²) in [4.78, 5) is 23.5. The lowest BCUT2D eigenvalue weighted by atomic mass is 9.95. The second-order valence-electron chi connectivity index (χ2n) is 7.75. The summed E-state index contributed by atoms with van der Waals surface area (Å²) in [5.74, 6) is -0.0763. The Bertz CT molecular complexity index is 1130. The SMILES string of the molecule is Cc1ccc(-c2ncc(C(F)(F)F)c(-c3cc4c([nH]3)C3(CC3)CNC4=O)n2)cc1. The molecule has 2 N–H and O–H groups in total. The van der Waals surface area contributed by atoms with Crippen molar-refractivity contribution in [2.75, 3.05) is 6.54 Å². The standard InChI is InChI=1S/C21H17F3N4O/c1-11-2-4-12(5-3-11)18-25-9-14(21(22,23)24)16(28-18)15-8-13-17(27-15)20(6-7-20)10-26-19(13)29/h2-5,8-9,27H,6-7,10H2,1H3,(H,26,29). The van der Waals surface area contributed by atoms with Crippen molar-refractivity contribution in [2.24, 2.45) is 0 Å². The Labute approximate surface area is 164 Å². The zero-order valence-corrected chi connectivity index (χ0v) is 15.5. The number of aryl methyl sites for hydroxylation is 1. The van der Waals surface area contributed by atoms with E-state index in [4.69, 9.17) is 0 Å². The Kier molecular flexibility index (Phi) is 3.65. The predicted octanol–water partition coefficient (Wildman–Crippen LogP) is 4.24. The molecule has 0 radical (unpaired) electrons. The number of amides is 1. The summed E-state index contributed by atoms with van der Waals surface area (Å²) in [6.07, 6.45) is -2.02. The van der Waals surface area contributed by atoms with E-state index in [1.54, 1.807) is 12.1 Å². The molecule has 1 spiro atoms. The number of nitrogens with zero attached hydrogens (tertiary/aromatic N) is 2. The van der Waals surface area contributed by atoms with Crippen LogP contribution in [-0.2, 0) is 11.6 Å². The molecule has 1 aliphatic heterocycles. The highest BCUT2D eigenvalue weighted by Gasteiger charge is 2.50. The van der Waals surface area contributed by atoms with E-state index < -0.39 is 11.7 Å². The highest BCUT2D eigenvalue weighted by Crippen LogP contribution is 2.51. The number of halogens is 3. The maximum Gasteiger partial charge on any atom is 0.420 e. The fourth-order valence-electron chi connectivity index (χ4n) is 3.83. The molecule has 0 unspecified atom stereocenters. The molecule has 29 heavy (non-hydrogen) atoms. The zero-order valence-electron chi connectivity index (χ0n) is 15.5. The van der Waals surface area contributed by atoms with Crippen molar-refractivity contribution in [3.8, 4) is 22.8 Å². The number of hydrogen-bond donors (Lipinski definition) is 2. The van der Waals surface area contributed by atoms with Gasteiger partial charge < -0.3 is 10.3 Å². The molecule has 5 rings (SSSR count). The van der Waals surface area contributed by atoms with Crippen molar-refractivity contribution in [2.45, 2.75) is 31.4 Å². The number of aromatic amines is 1. The molecular formula is C21H17F3N4O. The summed E-state index contributed by atoms with van der Waals surface area (Å²) in [6.45, 7) is 2.42. The number of H-pyrrole nitrogens is 1. The lowest BCUT2D eigenvalue weighted by Crippen LogP contribution is -2.38. The van der Waals surface area contributed by atoms with Gasteiger partial charge in [0.15, 0.2) is 5.82 Å². The maximum absolute atomic E-state index is 13.7. The molecule has 1 aliphatic carbocycles. The van der Waals surface area contributed by atoms with Crippen LogP contribution in [0.15, 0.2) is 36.5 Å². The van der Waals surface area contributed by atoms with Gasteiger partial charge >= 0.3 is 6.18 Å². The number of rotatable bonds is 2. The van der Waals surface area contributed by atoms with Gasteiger partial charge in [0.2, 0.25) is 0 Å². The Morgan fingerprint density at radius 3 is 2.52 bits per heavy atom. The lowest BCUT2D eigenvalue weighted by Gasteiger charge is -2.22. The fourth-order valence-corrected chi connectivity index (χ4v) is 3.83. The molecule has 1 aromatic carbocycles. The van der Waals surface area contributed by atoms with Crippen LogP contribution in [0.5, 0.6) is 0 Å².